The van der Waals surface area contributed by atoms with Gasteiger partial charge in [-0.25, -0.2) is 9.97 Å². The number of anilines is 1. The molecule has 1 N–H and O–H groups in total. The van der Waals surface area contributed by atoms with Gasteiger partial charge in [-0.1, -0.05) is 54.1 Å². The predicted octanol–water partition coefficient (Wildman–Crippen LogP) is 5.23. The number of hydrogen-bond acceptors (Lipinski definition) is 4. The number of methoxy groups -OCH3 is 1. The van der Waals surface area contributed by atoms with E-state index in [2.05, 4.69) is 48.6 Å². The molecule has 0 fully saturated rings. The van der Waals surface area contributed by atoms with Crippen LogP contribution in [0.25, 0.3) is 22.3 Å². The molecule has 0 saturated heterocycles. The molecule has 4 heteroatoms. The molecule has 0 atom stereocenters. The van der Waals surface area contributed by atoms with Crippen molar-refractivity contribution in [3.05, 3.63) is 83.9 Å². The van der Waals surface area contributed by atoms with Crippen molar-refractivity contribution in [1.29, 1.82) is 0 Å². The largest absolute Gasteiger partial charge is 0.497 e. The highest BCUT2D eigenvalue weighted by Gasteiger charge is 2.09. The van der Waals surface area contributed by atoms with Gasteiger partial charge in [0.2, 0.25) is 0 Å². The highest BCUT2D eigenvalue weighted by molar-refractivity contribution is 5.90. The third-order valence-electron chi connectivity index (χ3n) is 4.53. The number of nitrogens with one attached hydrogen (secondary N) is 1. The second-order valence-electron chi connectivity index (χ2n) is 6.48. The Balaban J connectivity index is 1.68. The maximum absolute atomic E-state index is 5.22. The lowest BCUT2D eigenvalue weighted by molar-refractivity contribution is 0.414. The fourth-order valence-electron chi connectivity index (χ4n) is 2.97. The van der Waals surface area contributed by atoms with E-state index in [-0.39, 0.29) is 0 Å². The van der Waals surface area contributed by atoms with E-state index in [4.69, 9.17) is 14.7 Å². The molecule has 134 valence electrons. The summed E-state index contributed by atoms with van der Waals surface area (Å²) in [5.74, 6) is 2.42. The van der Waals surface area contributed by atoms with E-state index in [1.165, 1.54) is 5.56 Å². The van der Waals surface area contributed by atoms with Crippen LogP contribution in [-0.4, -0.2) is 17.1 Å². The van der Waals surface area contributed by atoms with Crippen LogP contribution in [0, 0.1) is 6.92 Å². The average molecular weight is 355 g/mol. The number of nitrogens with zero attached hydrogens (tertiary/aromatic N) is 2. The third kappa shape index (κ3) is 3.75. The fourth-order valence-corrected chi connectivity index (χ4v) is 2.97. The van der Waals surface area contributed by atoms with Crippen molar-refractivity contribution in [3.63, 3.8) is 0 Å². The number of para-hydroxylation sites is 1. The lowest BCUT2D eigenvalue weighted by atomic mass is 10.1. The van der Waals surface area contributed by atoms with E-state index in [1.54, 1.807) is 7.11 Å². The number of benzene rings is 3. The van der Waals surface area contributed by atoms with Crippen LogP contribution < -0.4 is 10.1 Å². The van der Waals surface area contributed by atoms with Crippen molar-refractivity contribution in [2.24, 2.45) is 0 Å². The Labute approximate surface area is 158 Å². The molecular weight excluding hydrogens is 334 g/mol. The molecule has 4 rings (SSSR count). The van der Waals surface area contributed by atoms with Crippen LogP contribution in [0.5, 0.6) is 5.75 Å². The molecule has 0 aliphatic heterocycles. The number of aromatic nitrogens is 2. The molecule has 1 heterocycles. The molecule has 0 aliphatic carbocycles. The molecule has 0 aliphatic rings. The number of aryl methyl sites for hydroxylation is 1. The highest BCUT2D eigenvalue weighted by Crippen LogP contribution is 2.25. The molecule has 0 bridgehead atoms. The Bertz CT molecular complexity index is 1060. The summed E-state index contributed by atoms with van der Waals surface area (Å²) in [7, 11) is 1.67. The maximum atomic E-state index is 5.22. The summed E-state index contributed by atoms with van der Waals surface area (Å²) >= 11 is 0. The Morgan fingerprint density at radius 1 is 0.852 bits per heavy atom. The zero-order chi connectivity index (χ0) is 18.6. The summed E-state index contributed by atoms with van der Waals surface area (Å²) in [4.78, 5) is 9.55. The summed E-state index contributed by atoms with van der Waals surface area (Å²) in [6, 6.07) is 24.4. The minimum Gasteiger partial charge on any atom is -0.497 e. The number of ether oxygens (including phenoxy) is 1. The first-order valence-electron chi connectivity index (χ1n) is 8.93. The van der Waals surface area contributed by atoms with E-state index < -0.39 is 0 Å². The van der Waals surface area contributed by atoms with Crippen LogP contribution in [0.4, 0.5) is 5.82 Å². The monoisotopic (exact) mass is 355 g/mol. The fraction of sp³-hybridized carbons (Fsp3) is 0.130. The summed E-state index contributed by atoms with van der Waals surface area (Å²) in [6.45, 7) is 2.76. The standard InChI is InChI=1S/C23H21N3O/c1-16-7-11-18(12-8-16)22-25-21-6-4-3-5-20(21)23(26-22)24-15-17-9-13-19(27-2)14-10-17/h3-14H,15H2,1-2H3,(H,24,25,26). The van der Waals surface area contributed by atoms with E-state index in [1.807, 2.05) is 36.4 Å². The van der Waals surface area contributed by atoms with Gasteiger partial charge in [0.05, 0.1) is 12.6 Å². The van der Waals surface area contributed by atoms with E-state index in [0.717, 1.165) is 39.4 Å². The average Bonchev–Trinajstić information content (AvgIpc) is 2.72. The summed E-state index contributed by atoms with van der Waals surface area (Å²) in [5.41, 5.74) is 4.33. The van der Waals surface area contributed by atoms with Crippen LogP contribution in [-0.2, 0) is 6.54 Å². The van der Waals surface area contributed by atoms with Crippen molar-refractivity contribution >= 4 is 16.7 Å². The number of hydrogen-bond donors (Lipinski definition) is 1. The van der Waals surface area contributed by atoms with Gasteiger partial charge in [-0.15, -0.1) is 0 Å². The summed E-state index contributed by atoms with van der Waals surface area (Å²) < 4.78 is 5.22. The topological polar surface area (TPSA) is 47.0 Å². The Morgan fingerprint density at radius 2 is 1.59 bits per heavy atom. The highest BCUT2D eigenvalue weighted by atomic mass is 16.5. The van der Waals surface area contributed by atoms with Crippen LogP contribution in [0.1, 0.15) is 11.1 Å². The van der Waals surface area contributed by atoms with Gasteiger partial charge in [-0.05, 0) is 36.8 Å². The molecular formula is C23H21N3O. The van der Waals surface area contributed by atoms with Crippen LogP contribution in [0.15, 0.2) is 72.8 Å². The molecule has 4 nitrogen and oxygen atoms in total. The smallest absolute Gasteiger partial charge is 0.162 e. The number of fused-ring (bicyclic) bond motifs is 1. The van der Waals surface area contributed by atoms with Crippen molar-refractivity contribution < 1.29 is 4.74 Å². The van der Waals surface area contributed by atoms with E-state index in [0.29, 0.717) is 6.54 Å². The minimum absolute atomic E-state index is 0.679. The molecule has 0 amide bonds. The predicted molar refractivity (Wildman–Crippen MR) is 110 cm³/mol. The summed E-state index contributed by atoms with van der Waals surface area (Å²) in [5, 5.41) is 4.49. The SMILES string of the molecule is COc1ccc(CNc2nc(-c3ccc(C)cc3)nc3ccccc23)cc1. The zero-order valence-corrected chi connectivity index (χ0v) is 15.4. The third-order valence-corrected chi connectivity index (χ3v) is 4.53. The van der Waals surface area contributed by atoms with E-state index >= 15 is 0 Å². The van der Waals surface area contributed by atoms with Crippen molar-refractivity contribution in [3.8, 4) is 17.1 Å². The summed E-state index contributed by atoms with van der Waals surface area (Å²) in [6.07, 6.45) is 0. The number of rotatable bonds is 5. The minimum atomic E-state index is 0.679. The molecule has 0 radical (unpaired) electrons. The van der Waals surface area contributed by atoms with Crippen LogP contribution in [0.2, 0.25) is 0 Å². The molecule has 0 spiro atoms. The second kappa shape index (κ2) is 7.46. The molecule has 1 aromatic heterocycles. The van der Waals surface area contributed by atoms with Gasteiger partial charge >= 0.3 is 0 Å². The zero-order valence-electron chi connectivity index (χ0n) is 15.4. The van der Waals surface area contributed by atoms with Gasteiger partial charge in [0, 0.05) is 17.5 Å². The van der Waals surface area contributed by atoms with Gasteiger partial charge in [-0.3, -0.25) is 0 Å². The molecule has 27 heavy (non-hydrogen) atoms. The van der Waals surface area contributed by atoms with Crippen LogP contribution >= 0.6 is 0 Å². The first-order valence-corrected chi connectivity index (χ1v) is 8.93. The van der Waals surface area contributed by atoms with Crippen molar-refractivity contribution in [2.75, 3.05) is 12.4 Å². The second-order valence-corrected chi connectivity index (χ2v) is 6.48. The maximum Gasteiger partial charge on any atom is 0.162 e. The lowest BCUT2D eigenvalue weighted by Gasteiger charge is -2.11. The normalized spacial score (nSPS) is 10.7. The Kier molecular flexibility index (Phi) is 4.71. The van der Waals surface area contributed by atoms with Gasteiger partial charge < -0.3 is 10.1 Å². The van der Waals surface area contributed by atoms with Crippen molar-refractivity contribution in [1.82, 2.24) is 9.97 Å². The molecule has 0 saturated carbocycles. The van der Waals surface area contributed by atoms with Gasteiger partial charge in [0.1, 0.15) is 11.6 Å². The molecule has 0 unspecified atom stereocenters. The molecule has 3 aromatic carbocycles. The Morgan fingerprint density at radius 3 is 2.33 bits per heavy atom. The van der Waals surface area contributed by atoms with E-state index in [9.17, 15) is 0 Å². The quantitative estimate of drug-likeness (QED) is 0.533. The molecule has 4 aromatic rings. The van der Waals surface area contributed by atoms with Gasteiger partial charge in [0.15, 0.2) is 5.82 Å². The van der Waals surface area contributed by atoms with Crippen molar-refractivity contribution in [2.45, 2.75) is 13.5 Å². The van der Waals surface area contributed by atoms with Crippen LogP contribution in [0.3, 0.4) is 0 Å². The first-order chi connectivity index (χ1) is 13.2. The Hall–Kier alpha value is -3.40. The lowest BCUT2D eigenvalue weighted by Crippen LogP contribution is -2.04. The van der Waals surface area contributed by atoms with Gasteiger partial charge in [-0.2, -0.15) is 0 Å². The first kappa shape index (κ1) is 17.0. The van der Waals surface area contributed by atoms with Gasteiger partial charge in [0.25, 0.3) is 0 Å².